The maximum atomic E-state index is 3.68. The van der Waals surface area contributed by atoms with Crippen molar-refractivity contribution in [2.45, 2.75) is 51.3 Å². The second-order valence-electron chi connectivity index (χ2n) is 3.37. The van der Waals surface area contributed by atoms with Gasteiger partial charge in [0.25, 0.3) is 0 Å². The van der Waals surface area contributed by atoms with Gasteiger partial charge in [-0.2, -0.15) is 0 Å². The third-order valence-electron chi connectivity index (χ3n) is 1.60. The molecular weight excluding hydrogens is 188 g/mol. The van der Waals surface area contributed by atoms with E-state index in [-0.39, 0.29) is 0 Å². The molecule has 0 aliphatic heterocycles. The number of hydrogen-bond donors (Lipinski definition) is 0. The molecular formula is C9H19Br. The molecule has 1 unspecified atom stereocenters. The Morgan fingerprint density at radius 2 is 1.90 bits per heavy atom. The van der Waals surface area contributed by atoms with Crippen LogP contribution in [0.15, 0.2) is 0 Å². The Morgan fingerprint density at radius 3 is 2.30 bits per heavy atom. The van der Waals surface area contributed by atoms with Crippen molar-refractivity contribution in [3.05, 3.63) is 0 Å². The van der Waals surface area contributed by atoms with Crippen molar-refractivity contribution in [2.24, 2.45) is 5.92 Å². The van der Waals surface area contributed by atoms with Crippen molar-refractivity contribution < 1.29 is 0 Å². The highest BCUT2D eigenvalue weighted by Gasteiger charge is 2.04. The van der Waals surface area contributed by atoms with Crippen molar-refractivity contribution in [2.75, 3.05) is 0 Å². The zero-order valence-corrected chi connectivity index (χ0v) is 8.95. The fourth-order valence-electron chi connectivity index (χ4n) is 1.05. The topological polar surface area (TPSA) is 0 Å². The van der Waals surface area contributed by atoms with E-state index in [0.29, 0.717) is 0 Å². The highest BCUT2D eigenvalue weighted by molar-refractivity contribution is 9.09. The molecule has 62 valence electrons. The summed E-state index contributed by atoms with van der Waals surface area (Å²) >= 11 is 3.68. The first-order chi connectivity index (χ1) is 4.66. The van der Waals surface area contributed by atoms with E-state index in [4.69, 9.17) is 0 Å². The summed E-state index contributed by atoms with van der Waals surface area (Å²) in [6, 6.07) is 0. The quantitative estimate of drug-likeness (QED) is 0.598. The van der Waals surface area contributed by atoms with Gasteiger partial charge >= 0.3 is 0 Å². The maximum Gasteiger partial charge on any atom is 0.0148 e. The Morgan fingerprint density at radius 1 is 1.30 bits per heavy atom. The first-order valence-electron chi connectivity index (χ1n) is 4.30. The van der Waals surface area contributed by atoms with Crippen LogP contribution in [0.4, 0.5) is 0 Å². The van der Waals surface area contributed by atoms with Crippen LogP contribution in [0, 0.1) is 5.92 Å². The summed E-state index contributed by atoms with van der Waals surface area (Å²) in [4.78, 5) is 0.757. The van der Waals surface area contributed by atoms with E-state index in [1.807, 2.05) is 0 Å². The molecule has 0 heterocycles. The molecule has 0 saturated carbocycles. The van der Waals surface area contributed by atoms with Crippen molar-refractivity contribution >= 4 is 15.9 Å². The van der Waals surface area contributed by atoms with Crippen LogP contribution in [0.5, 0.6) is 0 Å². The average Bonchev–Trinajstić information content (AvgIpc) is 1.82. The van der Waals surface area contributed by atoms with Crippen molar-refractivity contribution in [1.29, 1.82) is 0 Å². The van der Waals surface area contributed by atoms with E-state index in [0.717, 1.165) is 10.7 Å². The zero-order chi connectivity index (χ0) is 7.98. The SMILES string of the molecule is CCCCC(Br)CC(C)C. The van der Waals surface area contributed by atoms with Crippen molar-refractivity contribution in [1.82, 2.24) is 0 Å². The number of unbranched alkanes of at least 4 members (excludes halogenated alkanes) is 1. The smallest absolute Gasteiger partial charge is 0.0148 e. The molecule has 0 bridgehead atoms. The van der Waals surface area contributed by atoms with Crippen LogP contribution in [0.1, 0.15) is 46.5 Å². The molecule has 0 aliphatic carbocycles. The molecule has 1 heteroatoms. The number of rotatable bonds is 5. The van der Waals surface area contributed by atoms with Crippen LogP contribution < -0.4 is 0 Å². The molecule has 0 fully saturated rings. The fourth-order valence-corrected chi connectivity index (χ4v) is 2.13. The minimum Gasteiger partial charge on any atom is -0.0891 e. The molecule has 1 atom stereocenters. The lowest BCUT2D eigenvalue weighted by Crippen LogP contribution is -2.01. The van der Waals surface area contributed by atoms with Gasteiger partial charge < -0.3 is 0 Å². The van der Waals surface area contributed by atoms with Gasteiger partial charge in [-0.15, -0.1) is 0 Å². The third-order valence-corrected chi connectivity index (χ3v) is 2.43. The molecule has 0 rings (SSSR count). The molecule has 0 radical (unpaired) electrons. The number of halogens is 1. The first-order valence-corrected chi connectivity index (χ1v) is 5.22. The Labute approximate surface area is 73.5 Å². The Hall–Kier alpha value is 0.480. The van der Waals surface area contributed by atoms with Gasteiger partial charge in [0.15, 0.2) is 0 Å². The minimum atomic E-state index is 0.757. The Kier molecular flexibility index (Phi) is 6.50. The van der Waals surface area contributed by atoms with Crippen molar-refractivity contribution in [3.63, 3.8) is 0 Å². The van der Waals surface area contributed by atoms with Gasteiger partial charge in [-0.1, -0.05) is 49.5 Å². The molecule has 0 nitrogen and oxygen atoms in total. The van der Waals surface area contributed by atoms with Gasteiger partial charge in [-0.3, -0.25) is 0 Å². The fraction of sp³-hybridized carbons (Fsp3) is 1.00. The lowest BCUT2D eigenvalue weighted by molar-refractivity contribution is 0.541. The van der Waals surface area contributed by atoms with Gasteiger partial charge in [0.05, 0.1) is 0 Å². The largest absolute Gasteiger partial charge is 0.0891 e. The van der Waals surface area contributed by atoms with Crippen LogP contribution in [0.3, 0.4) is 0 Å². The summed E-state index contributed by atoms with van der Waals surface area (Å²) in [5, 5.41) is 0. The first kappa shape index (κ1) is 10.5. The van der Waals surface area contributed by atoms with E-state index in [2.05, 4.69) is 36.7 Å². The predicted octanol–water partition coefficient (Wildman–Crippen LogP) is 3.99. The summed E-state index contributed by atoms with van der Waals surface area (Å²) in [6.45, 7) is 6.80. The molecule has 0 aromatic rings. The van der Waals surface area contributed by atoms with Crippen LogP contribution in [-0.2, 0) is 0 Å². The van der Waals surface area contributed by atoms with Crippen LogP contribution in [-0.4, -0.2) is 4.83 Å². The van der Waals surface area contributed by atoms with Crippen LogP contribution >= 0.6 is 15.9 Å². The van der Waals surface area contributed by atoms with Gasteiger partial charge in [0, 0.05) is 4.83 Å². The number of alkyl halides is 1. The van der Waals surface area contributed by atoms with Gasteiger partial charge in [0.2, 0.25) is 0 Å². The van der Waals surface area contributed by atoms with E-state index >= 15 is 0 Å². The molecule has 0 aliphatic rings. The van der Waals surface area contributed by atoms with Gasteiger partial charge in [0.1, 0.15) is 0 Å². The van der Waals surface area contributed by atoms with Crippen molar-refractivity contribution in [3.8, 4) is 0 Å². The second kappa shape index (κ2) is 6.21. The minimum absolute atomic E-state index is 0.757. The highest BCUT2D eigenvalue weighted by atomic mass is 79.9. The van der Waals surface area contributed by atoms with E-state index in [9.17, 15) is 0 Å². The molecule has 0 aromatic heterocycles. The molecule has 0 saturated heterocycles. The summed E-state index contributed by atoms with van der Waals surface area (Å²) < 4.78 is 0. The lowest BCUT2D eigenvalue weighted by Gasteiger charge is -2.10. The average molecular weight is 207 g/mol. The van der Waals surface area contributed by atoms with E-state index in [1.165, 1.54) is 25.7 Å². The van der Waals surface area contributed by atoms with Gasteiger partial charge in [-0.05, 0) is 18.8 Å². The normalized spacial score (nSPS) is 14.1. The predicted molar refractivity (Wildman–Crippen MR) is 51.7 cm³/mol. The third kappa shape index (κ3) is 6.60. The molecule has 0 N–H and O–H groups in total. The summed E-state index contributed by atoms with van der Waals surface area (Å²) in [5.41, 5.74) is 0. The standard InChI is InChI=1S/C9H19Br/c1-4-5-6-9(10)7-8(2)3/h8-9H,4-7H2,1-3H3. The van der Waals surface area contributed by atoms with Crippen LogP contribution in [0.25, 0.3) is 0 Å². The van der Waals surface area contributed by atoms with E-state index in [1.54, 1.807) is 0 Å². The summed E-state index contributed by atoms with van der Waals surface area (Å²) in [6.07, 6.45) is 5.34. The van der Waals surface area contributed by atoms with Crippen LogP contribution in [0.2, 0.25) is 0 Å². The lowest BCUT2D eigenvalue weighted by atomic mass is 10.0. The highest BCUT2D eigenvalue weighted by Crippen LogP contribution is 2.17. The molecule has 0 amide bonds. The van der Waals surface area contributed by atoms with Gasteiger partial charge in [-0.25, -0.2) is 0 Å². The molecule has 10 heavy (non-hydrogen) atoms. The Bertz CT molecular complexity index is 69.1. The monoisotopic (exact) mass is 206 g/mol. The maximum absolute atomic E-state index is 3.68. The van der Waals surface area contributed by atoms with E-state index < -0.39 is 0 Å². The summed E-state index contributed by atoms with van der Waals surface area (Å²) in [5.74, 6) is 0.834. The Balaban J connectivity index is 3.16. The molecule has 0 spiro atoms. The summed E-state index contributed by atoms with van der Waals surface area (Å²) in [7, 11) is 0. The second-order valence-corrected chi connectivity index (χ2v) is 4.66. The number of hydrogen-bond acceptors (Lipinski definition) is 0. The molecule has 0 aromatic carbocycles. The zero-order valence-electron chi connectivity index (χ0n) is 7.36.